The van der Waals surface area contributed by atoms with Crippen molar-refractivity contribution in [1.82, 2.24) is 15.1 Å². The molecule has 0 spiro atoms. The Balaban J connectivity index is 1.55. The summed E-state index contributed by atoms with van der Waals surface area (Å²) in [5, 5.41) is 2.93. The van der Waals surface area contributed by atoms with E-state index in [0.29, 0.717) is 13.1 Å². The van der Waals surface area contributed by atoms with Crippen LogP contribution in [0.2, 0.25) is 0 Å². The van der Waals surface area contributed by atoms with Crippen LogP contribution in [0.25, 0.3) is 0 Å². The molecule has 3 aliphatic rings. The molecule has 1 aliphatic carbocycles. The van der Waals surface area contributed by atoms with Gasteiger partial charge in [-0.25, -0.2) is 4.79 Å². The van der Waals surface area contributed by atoms with Crippen LogP contribution in [0.1, 0.15) is 72.6 Å². The van der Waals surface area contributed by atoms with Crippen molar-refractivity contribution in [3.63, 3.8) is 0 Å². The quantitative estimate of drug-likeness (QED) is 0.777. The summed E-state index contributed by atoms with van der Waals surface area (Å²) in [6, 6.07) is -0.166. The Labute approximate surface area is 174 Å². The first-order valence-corrected chi connectivity index (χ1v) is 11.2. The van der Waals surface area contributed by atoms with Gasteiger partial charge in [-0.15, -0.1) is 0 Å². The summed E-state index contributed by atoms with van der Waals surface area (Å²) in [5.74, 6) is 0.689. The number of carbonyl (C=O) groups is 3. The number of nitrogens with one attached hydrogen (secondary N) is 1. The summed E-state index contributed by atoms with van der Waals surface area (Å²) < 4.78 is 5.38. The Kier molecular flexibility index (Phi) is 6.74. The summed E-state index contributed by atoms with van der Waals surface area (Å²) in [5.41, 5.74) is -0.544. The summed E-state index contributed by atoms with van der Waals surface area (Å²) in [6.45, 7) is 9.60. The predicted octanol–water partition coefficient (Wildman–Crippen LogP) is 2.93. The topological polar surface area (TPSA) is 79.0 Å². The Morgan fingerprint density at radius 3 is 2.10 bits per heavy atom. The average molecular weight is 408 g/mol. The zero-order valence-corrected chi connectivity index (χ0v) is 18.4. The maximum absolute atomic E-state index is 13.3. The number of ether oxygens (including phenoxy) is 1. The highest BCUT2D eigenvalue weighted by Crippen LogP contribution is 2.33. The third-order valence-corrected chi connectivity index (χ3v) is 6.24. The molecular formula is C22H37N3O4. The Morgan fingerprint density at radius 1 is 0.897 bits per heavy atom. The van der Waals surface area contributed by atoms with E-state index in [4.69, 9.17) is 4.74 Å². The molecule has 1 saturated carbocycles. The standard InChI is InChI=1S/C22H37N3O4/c1-15(23-21(28)29-22(2,3)4)18-7-5-6-12-25(18)20(27)17-10-13-24(14-11-17)19(26)16-8-9-16/h15-18H,5-14H2,1-4H3,(H,23,28)/t15-,18+/m1/s1. The second-order valence-electron chi connectivity index (χ2n) is 9.90. The fourth-order valence-electron chi connectivity index (χ4n) is 4.51. The number of hydrogen-bond donors (Lipinski definition) is 1. The van der Waals surface area contributed by atoms with E-state index in [2.05, 4.69) is 5.32 Å². The molecule has 2 heterocycles. The van der Waals surface area contributed by atoms with Gasteiger partial charge in [0.25, 0.3) is 0 Å². The lowest BCUT2D eigenvalue weighted by atomic mass is 9.90. The molecule has 2 aliphatic heterocycles. The Hall–Kier alpha value is -1.79. The largest absolute Gasteiger partial charge is 0.444 e. The molecule has 0 radical (unpaired) electrons. The second-order valence-corrected chi connectivity index (χ2v) is 9.90. The molecule has 0 aromatic carbocycles. The molecule has 2 atom stereocenters. The van der Waals surface area contributed by atoms with E-state index < -0.39 is 11.7 Å². The SMILES string of the molecule is C[C@@H](NC(=O)OC(C)(C)C)[C@@H]1CCCCN1C(=O)C1CCN(C(=O)C2CC2)CC1. The lowest BCUT2D eigenvalue weighted by Crippen LogP contribution is -2.56. The van der Waals surface area contributed by atoms with Gasteiger partial charge in [-0.2, -0.15) is 0 Å². The number of rotatable bonds is 4. The maximum Gasteiger partial charge on any atom is 0.407 e. The first kappa shape index (κ1) is 21.9. The van der Waals surface area contributed by atoms with Crippen molar-refractivity contribution in [2.24, 2.45) is 11.8 Å². The summed E-state index contributed by atoms with van der Waals surface area (Å²) in [6.07, 6.45) is 6.05. The molecule has 0 aromatic rings. The van der Waals surface area contributed by atoms with Crippen LogP contribution < -0.4 is 5.32 Å². The van der Waals surface area contributed by atoms with E-state index in [1.807, 2.05) is 37.5 Å². The molecule has 7 heteroatoms. The molecule has 3 fully saturated rings. The minimum Gasteiger partial charge on any atom is -0.444 e. The van der Waals surface area contributed by atoms with Gasteiger partial charge in [0.15, 0.2) is 0 Å². The number of alkyl carbamates (subject to hydrolysis) is 1. The summed E-state index contributed by atoms with van der Waals surface area (Å²) >= 11 is 0. The Morgan fingerprint density at radius 2 is 1.52 bits per heavy atom. The van der Waals surface area contributed by atoms with Gasteiger partial charge in [0.2, 0.25) is 11.8 Å². The van der Waals surface area contributed by atoms with Crippen LogP contribution in [0.15, 0.2) is 0 Å². The molecule has 2 saturated heterocycles. The fourth-order valence-corrected chi connectivity index (χ4v) is 4.51. The third kappa shape index (κ3) is 5.86. The minimum atomic E-state index is -0.544. The molecular weight excluding hydrogens is 370 g/mol. The van der Waals surface area contributed by atoms with Gasteiger partial charge in [-0.1, -0.05) is 0 Å². The van der Waals surface area contributed by atoms with Crippen molar-refractivity contribution in [2.75, 3.05) is 19.6 Å². The molecule has 0 bridgehead atoms. The molecule has 164 valence electrons. The van der Waals surface area contributed by atoms with Crippen molar-refractivity contribution >= 4 is 17.9 Å². The van der Waals surface area contributed by atoms with Crippen LogP contribution in [0.3, 0.4) is 0 Å². The van der Waals surface area contributed by atoms with Crippen molar-refractivity contribution in [3.05, 3.63) is 0 Å². The number of nitrogens with zero attached hydrogens (tertiary/aromatic N) is 2. The highest BCUT2D eigenvalue weighted by Gasteiger charge is 2.39. The molecule has 29 heavy (non-hydrogen) atoms. The summed E-state index contributed by atoms with van der Waals surface area (Å²) in [4.78, 5) is 41.6. The van der Waals surface area contributed by atoms with E-state index in [1.165, 1.54) is 0 Å². The maximum atomic E-state index is 13.3. The highest BCUT2D eigenvalue weighted by atomic mass is 16.6. The Bertz CT molecular complexity index is 618. The van der Waals surface area contributed by atoms with Gasteiger partial charge in [0.05, 0.1) is 6.04 Å². The van der Waals surface area contributed by atoms with E-state index in [1.54, 1.807) is 0 Å². The van der Waals surface area contributed by atoms with Crippen LogP contribution in [-0.4, -0.2) is 65.0 Å². The number of likely N-dealkylation sites (tertiary alicyclic amines) is 2. The monoisotopic (exact) mass is 407 g/mol. The van der Waals surface area contributed by atoms with Gasteiger partial charge < -0.3 is 19.9 Å². The van der Waals surface area contributed by atoms with Crippen LogP contribution in [0.4, 0.5) is 4.79 Å². The number of carbonyl (C=O) groups excluding carboxylic acids is 3. The molecule has 0 aromatic heterocycles. The molecule has 7 nitrogen and oxygen atoms in total. The van der Waals surface area contributed by atoms with Crippen LogP contribution in [-0.2, 0) is 14.3 Å². The van der Waals surface area contributed by atoms with E-state index in [0.717, 1.165) is 51.5 Å². The van der Waals surface area contributed by atoms with Gasteiger partial charge in [0.1, 0.15) is 5.60 Å². The average Bonchev–Trinajstić information content (AvgIpc) is 3.50. The molecule has 1 N–H and O–H groups in total. The van der Waals surface area contributed by atoms with E-state index in [9.17, 15) is 14.4 Å². The minimum absolute atomic E-state index is 0.00473. The first-order valence-electron chi connectivity index (χ1n) is 11.2. The van der Waals surface area contributed by atoms with Gasteiger partial charge in [-0.05, 0) is 72.6 Å². The number of hydrogen-bond acceptors (Lipinski definition) is 4. The zero-order chi connectivity index (χ0) is 21.2. The molecule has 0 unspecified atom stereocenters. The first-order chi connectivity index (χ1) is 13.7. The lowest BCUT2D eigenvalue weighted by molar-refractivity contribution is -0.144. The van der Waals surface area contributed by atoms with Gasteiger partial charge in [-0.3, -0.25) is 9.59 Å². The van der Waals surface area contributed by atoms with Crippen molar-refractivity contribution in [3.8, 4) is 0 Å². The second kappa shape index (κ2) is 8.92. The van der Waals surface area contributed by atoms with E-state index >= 15 is 0 Å². The smallest absolute Gasteiger partial charge is 0.407 e. The lowest BCUT2D eigenvalue weighted by Gasteiger charge is -2.42. The van der Waals surface area contributed by atoms with Crippen molar-refractivity contribution < 1.29 is 19.1 Å². The van der Waals surface area contributed by atoms with Gasteiger partial charge in [0, 0.05) is 37.5 Å². The number of amides is 3. The van der Waals surface area contributed by atoms with E-state index in [-0.39, 0.29) is 35.7 Å². The van der Waals surface area contributed by atoms with Gasteiger partial charge >= 0.3 is 6.09 Å². The number of piperidine rings is 2. The fraction of sp³-hybridized carbons (Fsp3) is 0.864. The van der Waals surface area contributed by atoms with Crippen molar-refractivity contribution in [2.45, 2.75) is 90.3 Å². The van der Waals surface area contributed by atoms with Crippen LogP contribution in [0.5, 0.6) is 0 Å². The molecule has 3 rings (SSSR count). The van der Waals surface area contributed by atoms with Crippen LogP contribution >= 0.6 is 0 Å². The third-order valence-electron chi connectivity index (χ3n) is 6.24. The van der Waals surface area contributed by atoms with Crippen molar-refractivity contribution in [1.29, 1.82) is 0 Å². The molecule has 3 amide bonds. The van der Waals surface area contributed by atoms with Crippen LogP contribution in [0, 0.1) is 11.8 Å². The normalized spacial score (nSPS) is 24.8. The summed E-state index contributed by atoms with van der Waals surface area (Å²) in [7, 11) is 0. The predicted molar refractivity (Wildman–Crippen MR) is 110 cm³/mol. The zero-order valence-electron chi connectivity index (χ0n) is 18.4. The highest BCUT2D eigenvalue weighted by molar-refractivity contribution is 5.82.